The van der Waals surface area contributed by atoms with Crippen LogP contribution in [0.2, 0.25) is 0 Å². The van der Waals surface area contributed by atoms with E-state index in [0.29, 0.717) is 11.1 Å². The summed E-state index contributed by atoms with van der Waals surface area (Å²) in [5.74, 6) is 1.15. The Morgan fingerprint density at radius 3 is 2.40 bits per heavy atom. The number of carboxylic acid groups (broad SMARTS) is 1. The summed E-state index contributed by atoms with van der Waals surface area (Å²) < 4.78 is 5.21. The van der Waals surface area contributed by atoms with Crippen LogP contribution in [0.25, 0.3) is 0 Å². The van der Waals surface area contributed by atoms with Crippen molar-refractivity contribution in [3.63, 3.8) is 0 Å². The molecule has 0 saturated carbocycles. The van der Waals surface area contributed by atoms with E-state index in [1.807, 2.05) is 51.1 Å². The van der Waals surface area contributed by atoms with Gasteiger partial charge in [-0.3, -0.25) is 4.90 Å². The molecule has 1 heterocycles. The summed E-state index contributed by atoms with van der Waals surface area (Å²) in [6.07, 6.45) is 0.602. The van der Waals surface area contributed by atoms with Gasteiger partial charge in [0.2, 0.25) is 0 Å². The highest BCUT2D eigenvalue weighted by atomic mass is 79.9. The standard InChI is InChI=1S/C19H23BrN2O3/c1-19(2,3)17(14-5-7-15(25-4)8-6-14)22(18(23)24)16-11-13(12-20)9-10-21-16/h5-11,17H,12H2,1-4H3,(H,23,24). The Bertz CT molecular complexity index is 726. The van der Waals surface area contributed by atoms with Gasteiger partial charge in [0.05, 0.1) is 13.2 Å². The Hall–Kier alpha value is -2.08. The predicted octanol–water partition coefficient (Wildman–Crippen LogP) is 5.26. The van der Waals surface area contributed by atoms with Gasteiger partial charge in [-0.1, -0.05) is 48.8 Å². The zero-order chi connectivity index (χ0) is 18.6. The van der Waals surface area contributed by atoms with Gasteiger partial charge in [0.15, 0.2) is 0 Å². The molecule has 2 aromatic rings. The van der Waals surface area contributed by atoms with Crippen LogP contribution in [-0.2, 0) is 5.33 Å². The van der Waals surface area contributed by atoms with E-state index in [2.05, 4.69) is 20.9 Å². The molecule has 0 spiro atoms. The number of nitrogens with zero attached hydrogens (tertiary/aromatic N) is 2. The minimum Gasteiger partial charge on any atom is -0.497 e. The van der Waals surface area contributed by atoms with Gasteiger partial charge in [-0.25, -0.2) is 9.78 Å². The van der Waals surface area contributed by atoms with Crippen LogP contribution in [0.4, 0.5) is 10.6 Å². The van der Waals surface area contributed by atoms with Crippen LogP contribution >= 0.6 is 15.9 Å². The summed E-state index contributed by atoms with van der Waals surface area (Å²) >= 11 is 3.41. The van der Waals surface area contributed by atoms with E-state index in [1.54, 1.807) is 19.4 Å². The number of anilines is 1. The Morgan fingerprint density at radius 2 is 1.92 bits per heavy atom. The SMILES string of the molecule is COc1ccc(C(N(C(=O)O)c2cc(CBr)ccn2)C(C)(C)C)cc1. The van der Waals surface area contributed by atoms with Crippen molar-refractivity contribution in [3.8, 4) is 5.75 Å². The summed E-state index contributed by atoms with van der Waals surface area (Å²) in [6, 6.07) is 10.8. The molecule has 0 radical (unpaired) electrons. The molecule has 6 heteroatoms. The molecule has 0 saturated heterocycles. The molecule has 0 aliphatic carbocycles. The smallest absolute Gasteiger partial charge is 0.413 e. The molecule has 1 amide bonds. The number of benzene rings is 1. The molecule has 1 aromatic carbocycles. The molecular weight excluding hydrogens is 384 g/mol. The third-order valence-electron chi connectivity index (χ3n) is 3.93. The molecular formula is C19H23BrN2O3. The van der Waals surface area contributed by atoms with Crippen molar-refractivity contribution in [2.24, 2.45) is 5.41 Å². The zero-order valence-electron chi connectivity index (χ0n) is 14.9. The van der Waals surface area contributed by atoms with Crippen LogP contribution in [0.3, 0.4) is 0 Å². The number of rotatable bonds is 5. The first-order chi connectivity index (χ1) is 11.8. The minimum absolute atomic E-state index is 0.334. The maximum atomic E-state index is 12.1. The summed E-state index contributed by atoms with van der Waals surface area (Å²) in [7, 11) is 1.61. The predicted molar refractivity (Wildman–Crippen MR) is 103 cm³/mol. The van der Waals surface area contributed by atoms with Crippen molar-refractivity contribution >= 4 is 27.8 Å². The second-order valence-electron chi connectivity index (χ2n) is 6.85. The normalized spacial score (nSPS) is 12.5. The number of alkyl halides is 1. The number of pyridine rings is 1. The number of hydrogen-bond acceptors (Lipinski definition) is 3. The van der Waals surface area contributed by atoms with Crippen molar-refractivity contribution in [3.05, 3.63) is 53.7 Å². The quantitative estimate of drug-likeness (QED) is 0.687. The van der Waals surface area contributed by atoms with Gasteiger partial charge in [-0.15, -0.1) is 0 Å². The van der Waals surface area contributed by atoms with E-state index in [-0.39, 0.29) is 5.41 Å². The maximum Gasteiger partial charge on any atom is 0.413 e. The molecule has 0 aliphatic heterocycles. The lowest BCUT2D eigenvalue weighted by Crippen LogP contribution is -2.41. The summed E-state index contributed by atoms with van der Waals surface area (Å²) in [4.78, 5) is 17.8. The molecule has 1 N–H and O–H groups in total. The highest BCUT2D eigenvalue weighted by Crippen LogP contribution is 2.40. The second kappa shape index (κ2) is 7.87. The molecule has 25 heavy (non-hydrogen) atoms. The average Bonchev–Trinajstić information content (AvgIpc) is 2.58. The van der Waals surface area contributed by atoms with Crippen molar-refractivity contribution in [2.75, 3.05) is 12.0 Å². The third kappa shape index (κ3) is 4.51. The highest BCUT2D eigenvalue weighted by Gasteiger charge is 2.36. The van der Waals surface area contributed by atoms with E-state index in [0.717, 1.165) is 16.9 Å². The van der Waals surface area contributed by atoms with Crippen molar-refractivity contribution in [1.29, 1.82) is 0 Å². The molecule has 0 bridgehead atoms. The van der Waals surface area contributed by atoms with E-state index >= 15 is 0 Å². The van der Waals surface area contributed by atoms with Crippen molar-refractivity contribution in [2.45, 2.75) is 32.1 Å². The van der Waals surface area contributed by atoms with Crippen LogP contribution < -0.4 is 9.64 Å². The zero-order valence-corrected chi connectivity index (χ0v) is 16.4. The number of amides is 1. The molecule has 134 valence electrons. The molecule has 0 aliphatic rings. The molecule has 1 aromatic heterocycles. The number of halogens is 1. The van der Waals surface area contributed by atoms with Crippen molar-refractivity contribution < 1.29 is 14.6 Å². The summed E-state index contributed by atoms with van der Waals surface area (Å²) in [6.45, 7) is 6.06. The van der Waals surface area contributed by atoms with Crippen LogP contribution in [0.1, 0.15) is 37.9 Å². The van der Waals surface area contributed by atoms with Crippen LogP contribution in [-0.4, -0.2) is 23.3 Å². The third-order valence-corrected chi connectivity index (χ3v) is 4.57. The Morgan fingerprint density at radius 1 is 1.28 bits per heavy atom. The van der Waals surface area contributed by atoms with E-state index in [1.165, 1.54) is 4.90 Å². The largest absolute Gasteiger partial charge is 0.497 e. The number of ether oxygens (including phenoxy) is 1. The molecule has 1 unspecified atom stereocenters. The minimum atomic E-state index is -1.03. The first-order valence-corrected chi connectivity index (χ1v) is 9.07. The lowest BCUT2D eigenvalue weighted by atomic mass is 9.81. The number of carbonyl (C=O) groups is 1. The van der Waals surface area contributed by atoms with E-state index < -0.39 is 12.1 Å². The number of methoxy groups -OCH3 is 1. The first kappa shape index (κ1) is 19.2. The topological polar surface area (TPSA) is 62.7 Å². The van der Waals surface area contributed by atoms with Crippen LogP contribution in [0.15, 0.2) is 42.6 Å². The fourth-order valence-corrected chi connectivity index (χ4v) is 3.19. The lowest BCUT2D eigenvalue weighted by molar-refractivity contribution is 0.189. The Kier molecular flexibility index (Phi) is 6.06. The fraction of sp³-hybridized carbons (Fsp3) is 0.368. The maximum absolute atomic E-state index is 12.1. The van der Waals surface area contributed by atoms with Gasteiger partial charge in [-0.05, 0) is 40.8 Å². The Balaban J connectivity index is 2.56. The van der Waals surface area contributed by atoms with Gasteiger partial charge < -0.3 is 9.84 Å². The molecule has 2 rings (SSSR count). The van der Waals surface area contributed by atoms with Crippen LogP contribution in [0, 0.1) is 5.41 Å². The number of hydrogen-bond donors (Lipinski definition) is 1. The van der Waals surface area contributed by atoms with Gasteiger partial charge in [0.25, 0.3) is 0 Å². The van der Waals surface area contributed by atoms with Gasteiger partial charge in [-0.2, -0.15) is 0 Å². The monoisotopic (exact) mass is 406 g/mol. The molecule has 5 nitrogen and oxygen atoms in total. The van der Waals surface area contributed by atoms with Crippen molar-refractivity contribution in [1.82, 2.24) is 4.98 Å². The molecule has 1 atom stereocenters. The fourth-order valence-electron chi connectivity index (χ4n) is 2.84. The van der Waals surface area contributed by atoms with Gasteiger partial charge in [0.1, 0.15) is 11.6 Å². The summed E-state index contributed by atoms with van der Waals surface area (Å²) in [5.41, 5.74) is 1.53. The van der Waals surface area contributed by atoms with E-state index in [9.17, 15) is 9.90 Å². The second-order valence-corrected chi connectivity index (χ2v) is 7.41. The molecule has 0 fully saturated rings. The Labute approximate surface area is 156 Å². The first-order valence-electron chi connectivity index (χ1n) is 7.95. The lowest BCUT2D eigenvalue weighted by Gasteiger charge is -2.38. The van der Waals surface area contributed by atoms with Gasteiger partial charge in [0, 0.05) is 11.5 Å². The van der Waals surface area contributed by atoms with Crippen LogP contribution in [0.5, 0.6) is 5.75 Å². The highest BCUT2D eigenvalue weighted by molar-refractivity contribution is 9.08. The average molecular weight is 407 g/mol. The van der Waals surface area contributed by atoms with Gasteiger partial charge >= 0.3 is 6.09 Å². The van der Waals surface area contributed by atoms with E-state index in [4.69, 9.17) is 4.74 Å². The summed E-state index contributed by atoms with van der Waals surface area (Å²) in [5, 5.41) is 10.6. The number of aromatic nitrogens is 1.